The zero-order valence-corrected chi connectivity index (χ0v) is 28.4. The normalized spacial score (nSPS) is 15.9. The summed E-state index contributed by atoms with van der Waals surface area (Å²) in [6.07, 6.45) is 22.9. The Morgan fingerprint density at radius 1 is 0.690 bits per heavy atom. The number of aryl methyl sites for hydroxylation is 2. The Bertz CT molecular complexity index is 1070. The zero-order valence-electron chi connectivity index (χ0n) is 28.4. The molecule has 1 atom stereocenters. The van der Waals surface area contributed by atoms with Crippen LogP contribution in [0.25, 0.3) is 0 Å². The predicted octanol–water partition coefficient (Wildman–Crippen LogP) is 11.3. The molecule has 2 N–H and O–H groups in total. The Kier molecular flexibility index (Phi) is 15.6. The van der Waals surface area contributed by atoms with Crippen LogP contribution < -0.4 is 9.47 Å². The molecule has 2 aromatic carbocycles. The van der Waals surface area contributed by atoms with Gasteiger partial charge in [0.05, 0.1) is 7.11 Å². The summed E-state index contributed by atoms with van der Waals surface area (Å²) < 4.78 is 11.6. The molecule has 0 aromatic heterocycles. The largest absolute Gasteiger partial charge is 0.507 e. The molecular formula is C38H62O4. The molecule has 0 saturated carbocycles. The second kappa shape index (κ2) is 18.3. The maximum absolute atomic E-state index is 10.4. The number of unbranched alkanes of at least 4 members (excludes halogenated alkanes) is 13. The third kappa shape index (κ3) is 11.0. The van der Waals surface area contributed by atoms with E-state index in [4.69, 9.17) is 9.47 Å². The van der Waals surface area contributed by atoms with Crippen LogP contribution >= 0.6 is 0 Å². The molecule has 42 heavy (non-hydrogen) atoms. The average Bonchev–Trinajstić information content (AvgIpc) is 2.98. The van der Waals surface area contributed by atoms with Crippen molar-refractivity contribution in [3.63, 3.8) is 0 Å². The van der Waals surface area contributed by atoms with Gasteiger partial charge in [-0.1, -0.05) is 90.4 Å². The number of hydrogen-bond acceptors (Lipinski definition) is 4. The minimum absolute atomic E-state index is 0.0509. The molecule has 1 unspecified atom stereocenters. The van der Waals surface area contributed by atoms with Crippen molar-refractivity contribution < 1.29 is 19.7 Å². The van der Waals surface area contributed by atoms with E-state index in [1.807, 2.05) is 39.8 Å². The number of aromatic hydroxyl groups is 2. The number of phenolic OH excluding ortho intramolecular Hbond substituents is 2. The fourth-order valence-electron chi connectivity index (χ4n) is 6.20. The summed E-state index contributed by atoms with van der Waals surface area (Å²) in [5.74, 6) is 2.64. The van der Waals surface area contributed by atoms with Crippen LogP contribution in [0.1, 0.15) is 150 Å². The first-order valence-corrected chi connectivity index (χ1v) is 16.9. The smallest absolute Gasteiger partial charge is 0.127 e. The van der Waals surface area contributed by atoms with Gasteiger partial charge in [-0.2, -0.15) is 0 Å². The highest BCUT2D eigenvalue weighted by molar-refractivity contribution is 5.58. The number of benzene rings is 2. The van der Waals surface area contributed by atoms with Gasteiger partial charge in [0, 0.05) is 5.56 Å². The van der Waals surface area contributed by atoms with Gasteiger partial charge in [-0.25, -0.2) is 0 Å². The standard InChI is InChI=1S/C29H50O2.C9H12O2/c1-6-7-8-9-10-11-12-13-14-15-16-17-18-19-21-29(5)22-20-26-25(4)27(30)23(2)24(3)28(26)31-29;1-6-4-8(11-3)5-7(2)9(6)10/h30H,6-22H2,1-5H3;4-5,10H,1-3H3. The Labute approximate surface area is 258 Å². The van der Waals surface area contributed by atoms with Gasteiger partial charge in [0.15, 0.2) is 0 Å². The summed E-state index contributed by atoms with van der Waals surface area (Å²) >= 11 is 0. The average molecular weight is 583 g/mol. The molecule has 3 rings (SSSR count). The van der Waals surface area contributed by atoms with Gasteiger partial charge in [-0.15, -0.1) is 0 Å². The summed E-state index contributed by atoms with van der Waals surface area (Å²) in [6, 6.07) is 3.62. The quantitative estimate of drug-likeness (QED) is 0.193. The third-order valence-electron chi connectivity index (χ3n) is 9.35. The monoisotopic (exact) mass is 582 g/mol. The molecule has 0 saturated heterocycles. The van der Waals surface area contributed by atoms with Crippen molar-refractivity contribution in [2.45, 2.75) is 163 Å². The summed E-state index contributed by atoms with van der Waals surface area (Å²) in [5.41, 5.74) is 5.96. The highest BCUT2D eigenvalue weighted by Crippen LogP contribution is 2.44. The van der Waals surface area contributed by atoms with Gasteiger partial charge in [0.1, 0.15) is 28.6 Å². The molecule has 4 nitrogen and oxygen atoms in total. The second-order valence-corrected chi connectivity index (χ2v) is 13.0. The van der Waals surface area contributed by atoms with Gasteiger partial charge in [0.2, 0.25) is 0 Å². The first-order chi connectivity index (χ1) is 20.0. The van der Waals surface area contributed by atoms with E-state index >= 15 is 0 Å². The Hall–Kier alpha value is -2.36. The second-order valence-electron chi connectivity index (χ2n) is 13.0. The first kappa shape index (κ1) is 35.8. The van der Waals surface area contributed by atoms with Crippen LogP contribution in [0.3, 0.4) is 0 Å². The lowest BCUT2D eigenvalue weighted by molar-refractivity contribution is 0.0521. The SMILES string of the molecule is CCCCCCCCCCCCCCCCC1(C)CCc2c(C)c(O)c(C)c(C)c2O1.COc1cc(C)c(O)c(C)c1. The number of hydrogen-bond donors (Lipinski definition) is 2. The maximum Gasteiger partial charge on any atom is 0.127 e. The van der Waals surface area contributed by atoms with Crippen molar-refractivity contribution in [2.24, 2.45) is 0 Å². The minimum atomic E-state index is -0.0509. The molecule has 0 fully saturated rings. The molecule has 238 valence electrons. The molecular weight excluding hydrogens is 520 g/mol. The van der Waals surface area contributed by atoms with E-state index in [0.717, 1.165) is 58.6 Å². The molecule has 1 aliphatic rings. The van der Waals surface area contributed by atoms with Gasteiger partial charge in [-0.05, 0) is 107 Å². The minimum Gasteiger partial charge on any atom is -0.507 e. The lowest BCUT2D eigenvalue weighted by Gasteiger charge is -2.38. The first-order valence-electron chi connectivity index (χ1n) is 16.9. The van der Waals surface area contributed by atoms with Crippen LogP contribution in [0, 0.1) is 34.6 Å². The van der Waals surface area contributed by atoms with Crippen molar-refractivity contribution in [1.29, 1.82) is 0 Å². The molecule has 0 spiro atoms. The van der Waals surface area contributed by atoms with E-state index in [1.165, 1.54) is 95.5 Å². The van der Waals surface area contributed by atoms with E-state index in [2.05, 4.69) is 20.8 Å². The molecule has 0 amide bonds. The van der Waals surface area contributed by atoms with Gasteiger partial charge in [-0.3, -0.25) is 0 Å². The lowest BCUT2D eigenvalue weighted by atomic mass is 9.84. The Balaban J connectivity index is 0.000000468. The van der Waals surface area contributed by atoms with Crippen LogP contribution in [-0.4, -0.2) is 22.9 Å². The summed E-state index contributed by atoms with van der Waals surface area (Å²) in [4.78, 5) is 0. The number of methoxy groups -OCH3 is 1. The van der Waals surface area contributed by atoms with Crippen LogP contribution in [0.2, 0.25) is 0 Å². The summed E-state index contributed by atoms with van der Waals surface area (Å²) in [5, 5.41) is 19.7. The number of rotatable bonds is 16. The number of ether oxygens (including phenoxy) is 2. The maximum atomic E-state index is 10.4. The zero-order chi connectivity index (χ0) is 31.1. The van der Waals surface area contributed by atoms with E-state index in [0.29, 0.717) is 11.5 Å². The molecule has 0 aliphatic carbocycles. The molecule has 1 heterocycles. The molecule has 2 aromatic rings. The molecule has 0 bridgehead atoms. The highest BCUT2D eigenvalue weighted by atomic mass is 16.5. The van der Waals surface area contributed by atoms with Crippen molar-refractivity contribution in [1.82, 2.24) is 0 Å². The number of phenols is 2. The Morgan fingerprint density at radius 2 is 1.17 bits per heavy atom. The fraction of sp³-hybridized carbons (Fsp3) is 0.684. The van der Waals surface area contributed by atoms with Crippen molar-refractivity contribution in [3.8, 4) is 23.0 Å². The van der Waals surface area contributed by atoms with E-state index in [1.54, 1.807) is 7.11 Å². The van der Waals surface area contributed by atoms with Crippen molar-refractivity contribution in [3.05, 3.63) is 45.5 Å². The van der Waals surface area contributed by atoms with Crippen LogP contribution in [0.5, 0.6) is 23.0 Å². The Morgan fingerprint density at radius 3 is 1.64 bits per heavy atom. The highest BCUT2D eigenvalue weighted by Gasteiger charge is 2.34. The van der Waals surface area contributed by atoms with Crippen molar-refractivity contribution in [2.75, 3.05) is 7.11 Å². The topological polar surface area (TPSA) is 58.9 Å². The van der Waals surface area contributed by atoms with E-state index in [-0.39, 0.29) is 5.60 Å². The van der Waals surface area contributed by atoms with Gasteiger partial charge >= 0.3 is 0 Å². The fourth-order valence-corrected chi connectivity index (χ4v) is 6.20. The van der Waals surface area contributed by atoms with Crippen LogP contribution in [0.15, 0.2) is 12.1 Å². The van der Waals surface area contributed by atoms with Gasteiger partial charge in [0.25, 0.3) is 0 Å². The summed E-state index contributed by atoms with van der Waals surface area (Å²) in [6.45, 7) is 14.4. The lowest BCUT2D eigenvalue weighted by Crippen LogP contribution is -2.37. The van der Waals surface area contributed by atoms with Crippen molar-refractivity contribution >= 4 is 0 Å². The van der Waals surface area contributed by atoms with E-state index in [9.17, 15) is 10.2 Å². The number of fused-ring (bicyclic) bond motifs is 1. The summed E-state index contributed by atoms with van der Waals surface area (Å²) in [7, 11) is 1.62. The molecule has 1 aliphatic heterocycles. The van der Waals surface area contributed by atoms with E-state index < -0.39 is 0 Å². The van der Waals surface area contributed by atoms with Crippen LogP contribution in [-0.2, 0) is 6.42 Å². The van der Waals surface area contributed by atoms with Crippen LogP contribution in [0.4, 0.5) is 0 Å². The molecule has 0 radical (unpaired) electrons. The third-order valence-corrected chi connectivity index (χ3v) is 9.35. The van der Waals surface area contributed by atoms with Gasteiger partial charge < -0.3 is 19.7 Å². The predicted molar refractivity (Wildman–Crippen MR) is 179 cm³/mol. The molecule has 4 heteroatoms.